The van der Waals surface area contributed by atoms with Gasteiger partial charge in [0.1, 0.15) is 12.4 Å². The summed E-state index contributed by atoms with van der Waals surface area (Å²) in [6, 6.07) is 16.9. The van der Waals surface area contributed by atoms with Crippen molar-refractivity contribution in [3.05, 3.63) is 92.9 Å². The van der Waals surface area contributed by atoms with Crippen LogP contribution >= 0.6 is 35.4 Å². The van der Waals surface area contributed by atoms with E-state index in [4.69, 9.17) is 40.2 Å². The van der Waals surface area contributed by atoms with Crippen molar-refractivity contribution >= 4 is 35.4 Å². The van der Waals surface area contributed by atoms with Gasteiger partial charge < -0.3 is 10.2 Å². The van der Waals surface area contributed by atoms with Crippen LogP contribution in [-0.4, -0.2) is 19.9 Å². The van der Waals surface area contributed by atoms with Crippen molar-refractivity contribution in [2.24, 2.45) is 0 Å². The number of nitrogens with one attached hydrogen (secondary N) is 2. The van der Waals surface area contributed by atoms with Crippen molar-refractivity contribution in [1.29, 1.82) is 0 Å². The molecule has 0 spiro atoms. The zero-order chi connectivity index (χ0) is 20.9. The van der Waals surface area contributed by atoms with Crippen LogP contribution < -0.4 is 10.2 Å². The van der Waals surface area contributed by atoms with Crippen LogP contribution in [0.5, 0.6) is 5.75 Å². The monoisotopic (exact) mass is 457 g/mol. The van der Waals surface area contributed by atoms with Crippen molar-refractivity contribution in [2.75, 3.05) is 5.43 Å². The zero-order valence-corrected chi connectivity index (χ0v) is 18.0. The molecule has 0 atom stereocenters. The molecule has 0 aliphatic carbocycles. The first-order valence-corrected chi connectivity index (χ1v) is 10.2. The smallest absolute Gasteiger partial charge is 0.214 e. The van der Waals surface area contributed by atoms with E-state index < -0.39 is 0 Å². The van der Waals surface area contributed by atoms with Gasteiger partial charge >= 0.3 is 0 Å². The molecule has 2 heterocycles. The normalized spacial score (nSPS) is 10.7. The third kappa shape index (κ3) is 4.81. The van der Waals surface area contributed by atoms with E-state index in [1.165, 1.54) is 0 Å². The molecule has 6 nitrogen and oxygen atoms in total. The molecule has 0 saturated heterocycles. The summed E-state index contributed by atoms with van der Waals surface area (Å²) in [6.07, 6.45) is 3.43. The standard InChI is InChI=1S/C21H17Cl2N5OS/c22-17-5-4-16(19(23)11-17)13-29-18-3-1-2-14(10-18)12-25-28-20(26-27-21(28)30)15-6-8-24-9-7-15/h1-11,25H,12-13H2,(H,27,30). The number of H-pyrrole nitrogens is 1. The fourth-order valence-corrected chi connectivity index (χ4v) is 3.51. The van der Waals surface area contributed by atoms with Crippen LogP contribution in [0.25, 0.3) is 11.4 Å². The molecule has 0 saturated carbocycles. The first kappa shape index (κ1) is 20.4. The summed E-state index contributed by atoms with van der Waals surface area (Å²) < 4.78 is 8.12. The van der Waals surface area contributed by atoms with Gasteiger partial charge in [-0.2, -0.15) is 5.10 Å². The van der Waals surface area contributed by atoms with E-state index in [2.05, 4.69) is 20.6 Å². The lowest BCUT2D eigenvalue weighted by Gasteiger charge is -2.12. The third-order valence-corrected chi connectivity index (χ3v) is 5.22. The average molecular weight is 458 g/mol. The van der Waals surface area contributed by atoms with E-state index in [0.29, 0.717) is 33.8 Å². The van der Waals surface area contributed by atoms with Crippen molar-refractivity contribution in [3.63, 3.8) is 0 Å². The largest absolute Gasteiger partial charge is 0.489 e. The zero-order valence-electron chi connectivity index (χ0n) is 15.7. The Labute approximate surface area is 188 Å². The number of halogens is 2. The summed E-state index contributed by atoms with van der Waals surface area (Å²) in [5.41, 5.74) is 6.10. The molecule has 152 valence electrons. The first-order valence-electron chi connectivity index (χ1n) is 9.07. The number of benzene rings is 2. The number of aromatic nitrogens is 4. The molecule has 9 heteroatoms. The van der Waals surface area contributed by atoms with E-state index in [1.807, 2.05) is 42.5 Å². The summed E-state index contributed by atoms with van der Waals surface area (Å²) in [6.45, 7) is 0.886. The van der Waals surface area contributed by atoms with E-state index in [1.54, 1.807) is 29.2 Å². The Balaban J connectivity index is 1.44. The van der Waals surface area contributed by atoms with Crippen LogP contribution in [0.4, 0.5) is 0 Å². The number of hydrogen-bond donors (Lipinski definition) is 2. The molecule has 0 aliphatic rings. The van der Waals surface area contributed by atoms with E-state index in [-0.39, 0.29) is 0 Å². The van der Waals surface area contributed by atoms with Crippen molar-refractivity contribution in [1.82, 2.24) is 19.9 Å². The van der Waals surface area contributed by atoms with Gasteiger partial charge in [-0.25, -0.2) is 9.77 Å². The Hall–Kier alpha value is -2.87. The number of aromatic amines is 1. The Morgan fingerprint density at radius 1 is 1.07 bits per heavy atom. The van der Waals surface area contributed by atoms with E-state index in [0.717, 1.165) is 22.4 Å². The second kappa shape index (κ2) is 9.30. The maximum absolute atomic E-state index is 6.21. The molecule has 0 unspecified atom stereocenters. The summed E-state index contributed by atoms with van der Waals surface area (Å²) in [5, 5.41) is 8.30. The van der Waals surface area contributed by atoms with Crippen LogP contribution in [0.3, 0.4) is 0 Å². The lowest BCUT2D eigenvalue weighted by Crippen LogP contribution is -2.16. The summed E-state index contributed by atoms with van der Waals surface area (Å²) in [5.74, 6) is 1.43. The van der Waals surface area contributed by atoms with Gasteiger partial charge in [0, 0.05) is 33.6 Å². The lowest BCUT2D eigenvalue weighted by molar-refractivity contribution is 0.306. The summed E-state index contributed by atoms with van der Waals surface area (Å²) in [7, 11) is 0. The Kier molecular flexibility index (Phi) is 6.32. The molecule has 0 fully saturated rings. The second-order valence-electron chi connectivity index (χ2n) is 6.43. The van der Waals surface area contributed by atoms with Gasteiger partial charge in [-0.05, 0) is 54.2 Å². The Bertz CT molecular complexity index is 1210. The molecule has 2 aromatic carbocycles. The number of rotatable bonds is 7. The SMILES string of the molecule is S=c1[nH]nc(-c2ccncc2)n1NCc1cccc(OCc2ccc(Cl)cc2Cl)c1. The van der Waals surface area contributed by atoms with Gasteiger partial charge in [0.05, 0.1) is 6.54 Å². The van der Waals surface area contributed by atoms with Crippen molar-refractivity contribution < 1.29 is 4.74 Å². The number of nitrogens with zero attached hydrogens (tertiary/aromatic N) is 3. The highest BCUT2D eigenvalue weighted by Crippen LogP contribution is 2.23. The van der Waals surface area contributed by atoms with Crippen molar-refractivity contribution in [3.8, 4) is 17.1 Å². The fourth-order valence-electron chi connectivity index (χ4n) is 2.85. The predicted octanol–water partition coefficient (Wildman–Crippen LogP) is 5.63. The van der Waals surface area contributed by atoms with Gasteiger partial charge in [0.25, 0.3) is 0 Å². The molecule has 30 heavy (non-hydrogen) atoms. The molecule has 0 aliphatic heterocycles. The van der Waals surface area contributed by atoms with Gasteiger partial charge in [-0.15, -0.1) is 0 Å². The highest BCUT2D eigenvalue weighted by Gasteiger charge is 2.09. The highest BCUT2D eigenvalue weighted by molar-refractivity contribution is 7.71. The van der Waals surface area contributed by atoms with Crippen LogP contribution in [0, 0.1) is 4.77 Å². The minimum Gasteiger partial charge on any atom is -0.489 e. The van der Waals surface area contributed by atoms with Crippen LogP contribution in [0.1, 0.15) is 11.1 Å². The van der Waals surface area contributed by atoms with Crippen LogP contribution in [0.15, 0.2) is 67.0 Å². The molecule has 2 aromatic heterocycles. The minimum absolute atomic E-state index is 0.353. The van der Waals surface area contributed by atoms with Gasteiger partial charge in [-0.1, -0.05) is 41.4 Å². The predicted molar refractivity (Wildman–Crippen MR) is 121 cm³/mol. The molecule has 2 N–H and O–H groups in total. The number of pyridine rings is 1. The maximum Gasteiger partial charge on any atom is 0.214 e. The van der Waals surface area contributed by atoms with Crippen LogP contribution in [-0.2, 0) is 13.2 Å². The van der Waals surface area contributed by atoms with Crippen LogP contribution in [0.2, 0.25) is 10.0 Å². The molecular formula is C21H17Cl2N5OS. The fraction of sp³-hybridized carbons (Fsp3) is 0.0952. The number of hydrogen-bond acceptors (Lipinski definition) is 5. The van der Waals surface area contributed by atoms with E-state index in [9.17, 15) is 0 Å². The second-order valence-corrected chi connectivity index (χ2v) is 7.66. The maximum atomic E-state index is 6.21. The minimum atomic E-state index is 0.353. The third-order valence-electron chi connectivity index (χ3n) is 4.36. The highest BCUT2D eigenvalue weighted by atomic mass is 35.5. The molecule has 4 aromatic rings. The Morgan fingerprint density at radius 2 is 1.90 bits per heavy atom. The van der Waals surface area contributed by atoms with Gasteiger partial charge in [0.2, 0.25) is 4.77 Å². The molecule has 0 bridgehead atoms. The van der Waals surface area contributed by atoms with Crippen molar-refractivity contribution in [2.45, 2.75) is 13.2 Å². The van der Waals surface area contributed by atoms with Gasteiger partial charge in [0.15, 0.2) is 5.82 Å². The quantitative estimate of drug-likeness (QED) is 0.351. The lowest BCUT2D eigenvalue weighted by atomic mass is 10.2. The van der Waals surface area contributed by atoms with Gasteiger partial charge in [-0.3, -0.25) is 4.98 Å². The Morgan fingerprint density at radius 3 is 2.70 bits per heavy atom. The average Bonchev–Trinajstić information content (AvgIpc) is 3.13. The topological polar surface area (TPSA) is 67.8 Å². The molecule has 4 rings (SSSR count). The molecule has 0 amide bonds. The first-order chi connectivity index (χ1) is 14.6. The molecular weight excluding hydrogens is 441 g/mol. The summed E-state index contributed by atoms with van der Waals surface area (Å²) >= 11 is 17.5. The number of ether oxygens (including phenoxy) is 1. The summed E-state index contributed by atoms with van der Waals surface area (Å²) in [4.78, 5) is 4.04. The molecule has 0 radical (unpaired) electrons. The van der Waals surface area contributed by atoms with E-state index >= 15 is 0 Å².